The topological polar surface area (TPSA) is 41.6 Å². The van der Waals surface area contributed by atoms with E-state index >= 15 is 0 Å². The van der Waals surface area contributed by atoms with Crippen LogP contribution in [0.15, 0.2) is 0 Å². The summed E-state index contributed by atoms with van der Waals surface area (Å²) in [5.74, 6) is 0.836. The zero-order valence-corrected chi connectivity index (χ0v) is 11.3. The first-order valence-electron chi connectivity index (χ1n) is 6.36. The largest absolute Gasteiger partial charge is 0.368 e. The van der Waals surface area contributed by atoms with Crippen LogP contribution in [0.4, 0.5) is 0 Å². The van der Waals surface area contributed by atoms with Crippen LogP contribution >= 0.6 is 12.4 Å². The van der Waals surface area contributed by atoms with E-state index in [1.165, 1.54) is 6.42 Å². The maximum absolute atomic E-state index is 12.1. The first-order chi connectivity index (χ1) is 7.81. The van der Waals surface area contributed by atoms with Gasteiger partial charge in [-0.3, -0.25) is 4.79 Å². The lowest BCUT2D eigenvalue weighted by atomic mass is 9.97. The molecule has 2 saturated heterocycles. The highest BCUT2D eigenvalue weighted by atomic mass is 35.5. The van der Waals surface area contributed by atoms with Gasteiger partial charge in [0.15, 0.2) is 0 Å². The van der Waals surface area contributed by atoms with E-state index in [1.54, 1.807) is 0 Å². The average molecular weight is 263 g/mol. The Kier molecular flexibility index (Phi) is 6.23. The van der Waals surface area contributed by atoms with Crippen molar-refractivity contribution in [3.63, 3.8) is 0 Å². The van der Waals surface area contributed by atoms with E-state index in [1.807, 2.05) is 11.9 Å². The number of nitrogens with zero attached hydrogens (tertiary/aromatic N) is 1. The Morgan fingerprint density at radius 1 is 1.41 bits per heavy atom. The Hall–Kier alpha value is -0.320. The van der Waals surface area contributed by atoms with Crippen molar-refractivity contribution in [3.05, 3.63) is 0 Å². The summed E-state index contributed by atoms with van der Waals surface area (Å²) in [6.45, 7) is 3.58. The molecule has 1 N–H and O–H groups in total. The number of carbonyl (C=O) groups excluding carboxylic acids is 1. The number of hydrogen-bond donors (Lipinski definition) is 1. The smallest absolute Gasteiger partial charge is 0.251 e. The van der Waals surface area contributed by atoms with E-state index in [2.05, 4.69) is 5.32 Å². The normalized spacial score (nSPS) is 28.9. The molecule has 2 unspecified atom stereocenters. The number of halogens is 1. The lowest BCUT2D eigenvalue weighted by Gasteiger charge is -2.34. The molecular weight excluding hydrogens is 240 g/mol. The maximum atomic E-state index is 12.1. The van der Waals surface area contributed by atoms with Gasteiger partial charge in [-0.2, -0.15) is 0 Å². The fourth-order valence-corrected chi connectivity index (χ4v) is 2.70. The molecule has 0 spiro atoms. The molecule has 2 fully saturated rings. The van der Waals surface area contributed by atoms with Gasteiger partial charge >= 0.3 is 0 Å². The van der Waals surface area contributed by atoms with Crippen LogP contribution in [0, 0.1) is 5.92 Å². The van der Waals surface area contributed by atoms with E-state index < -0.39 is 0 Å². The molecule has 17 heavy (non-hydrogen) atoms. The summed E-state index contributed by atoms with van der Waals surface area (Å²) in [6, 6.07) is 0. The van der Waals surface area contributed by atoms with Gasteiger partial charge in [0.1, 0.15) is 6.10 Å². The fourth-order valence-electron chi connectivity index (χ4n) is 2.70. The minimum Gasteiger partial charge on any atom is -0.368 e. The summed E-state index contributed by atoms with van der Waals surface area (Å²) in [5.41, 5.74) is 0. The van der Waals surface area contributed by atoms with Crippen LogP contribution in [0.3, 0.4) is 0 Å². The molecular formula is C12H23ClN2O2. The molecule has 2 atom stereocenters. The van der Waals surface area contributed by atoms with E-state index in [9.17, 15) is 4.79 Å². The monoisotopic (exact) mass is 262 g/mol. The Labute approximate surface area is 109 Å². The number of hydrogen-bond acceptors (Lipinski definition) is 3. The van der Waals surface area contributed by atoms with Gasteiger partial charge in [-0.15, -0.1) is 12.4 Å². The highest BCUT2D eigenvalue weighted by Crippen LogP contribution is 2.20. The van der Waals surface area contributed by atoms with Gasteiger partial charge in [-0.1, -0.05) is 0 Å². The van der Waals surface area contributed by atoms with E-state index in [4.69, 9.17) is 4.74 Å². The lowest BCUT2D eigenvalue weighted by molar-refractivity contribution is -0.142. The predicted molar refractivity (Wildman–Crippen MR) is 69.5 cm³/mol. The van der Waals surface area contributed by atoms with Crippen LogP contribution in [-0.2, 0) is 9.53 Å². The SMILES string of the molecule is CNCC1CCCN(C(=O)C2CCCO2)C1.Cl. The van der Waals surface area contributed by atoms with Crippen molar-refractivity contribution in [1.82, 2.24) is 10.2 Å². The summed E-state index contributed by atoms with van der Waals surface area (Å²) < 4.78 is 5.46. The third-order valence-electron chi connectivity index (χ3n) is 3.53. The Bertz CT molecular complexity index is 243. The number of carbonyl (C=O) groups is 1. The molecule has 0 aromatic rings. The van der Waals surface area contributed by atoms with Crippen molar-refractivity contribution in [1.29, 1.82) is 0 Å². The summed E-state index contributed by atoms with van der Waals surface area (Å²) in [5, 5.41) is 3.20. The van der Waals surface area contributed by atoms with Crippen LogP contribution < -0.4 is 5.32 Å². The zero-order valence-electron chi connectivity index (χ0n) is 10.5. The molecule has 0 bridgehead atoms. The first-order valence-corrected chi connectivity index (χ1v) is 6.36. The number of piperidine rings is 1. The summed E-state index contributed by atoms with van der Waals surface area (Å²) in [4.78, 5) is 14.1. The molecule has 2 aliphatic rings. The van der Waals surface area contributed by atoms with Gasteiger partial charge < -0.3 is 15.0 Å². The maximum Gasteiger partial charge on any atom is 0.251 e. The second-order valence-electron chi connectivity index (χ2n) is 4.85. The van der Waals surface area contributed by atoms with E-state index in [-0.39, 0.29) is 24.4 Å². The van der Waals surface area contributed by atoms with Crippen molar-refractivity contribution in [3.8, 4) is 0 Å². The van der Waals surface area contributed by atoms with Gasteiger partial charge in [0.2, 0.25) is 0 Å². The van der Waals surface area contributed by atoms with Gasteiger partial charge in [-0.25, -0.2) is 0 Å². The van der Waals surface area contributed by atoms with Crippen LogP contribution in [-0.4, -0.2) is 50.2 Å². The Morgan fingerprint density at radius 3 is 2.88 bits per heavy atom. The molecule has 2 rings (SSSR count). The second kappa shape index (κ2) is 7.19. The van der Waals surface area contributed by atoms with E-state index in [0.717, 1.165) is 45.5 Å². The molecule has 5 heteroatoms. The molecule has 2 heterocycles. The number of nitrogens with one attached hydrogen (secondary N) is 1. The second-order valence-corrected chi connectivity index (χ2v) is 4.85. The quantitative estimate of drug-likeness (QED) is 0.827. The van der Waals surface area contributed by atoms with Crippen LogP contribution in [0.1, 0.15) is 25.7 Å². The Balaban J connectivity index is 0.00000144. The highest BCUT2D eigenvalue weighted by molar-refractivity contribution is 5.85. The lowest BCUT2D eigenvalue weighted by Crippen LogP contribution is -2.46. The van der Waals surface area contributed by atoms with Gasteiger partial charge in [-0.05, 0) is 45.2 Å². The van der Waals surface area contributed by atoms with Crippen molar-refractivity contribution in [2.75, 3.05) is 33.3 Å². The molecule has 0 aliphatic carbocycles. The average Bonchev–Trinajstić information content (AvgIpc) is 2.82. The minimum atomic E-state index is -0.145. The number of rotatable bonds is 3. The first kappa shape index (κ1) is 14.7. The molecule has 1 amide bonds. The minimum absolute atomic E-state index is 0. The van der Waals surface area contributed by atoms with Crippen molar-refractivity contribution in [2.24, 2.45) is 5.92 Å². The molecule has 4 nitrogen and oxygen atoms in total. The third-order valence-corrected chi connectivity index (χ3v) is 3.53. The van der Waals surface area contributed by atoms with Crippen LogP contribution in [0.25, 0.3) is 0 Å². The summed E-state index contributed by atoms with van der Waals surface area (Å²) in [6.07, 6.45) is 4.16. The summed E-state index contributed by atoms with van der Waals surface area (Å²) in [7, 11) is 1.97. The fraction of sp³-hybridized carbons (Fsp3) is 0.917. The number of amides is 1. The summed E-state index contributed by atoms with van der Waals surface area (Å²) >= 11 is 0. The van der Waals surface area contributed by atoms with Gasteiger partial charge in [0.25, 0.3) is 5.91 Å². The van der Waals surface area contributed by atoms with Crippen LogP contribution in [0.2, 0.25) is 0 Å². The predicted octanol–water partition coefficient (Wildman–Crippen LogP) is 1.05. The van der Waals surface area contributed by atoms with E-state index in [0.29, 0.717) is 5.92 Å². The molecule has 100 valence electrons. The van der Waals surface area contributed by atoms with Crippen molar-refractivity contribution in [2.45, 2.75) is 31.8 Å². The van der Waals surface area contributed by atoms with Crippen LogP contribution in [0.5, 0.6) is 0 Å². The molecule has 2 aliphatic heterocycles. The Morgan fingerprint density at radius 2 is 2.24 bits per heavy atom. The zero-order chi connectivity index (χ0) is 11.4. The van der Waals surface area contributed by atoms with Gasteiger partial charge in [0.05, 0.1) is 0 Å². The highest BCUT2D eigenvalue weighted by Gasteiger charge is 2.31. The molecule has 0 aromatic carbocycles. The standard InChI is InChI=1S/C12H22N2O2.ClH/c1-13-8-10-4-2-6-14(9-10)12(15)11-5-3-7-16-11;/h10-11,13H,2-9H2,1H3;1H. The van der Waals surface area contributed by atoms with Crippen molar-refractivity contribution < 1.29 is 9.53 Å². The van der Waals surface area contributed by atoms with Gasteiger partial charge in [0, 0.05) is 19.7 Å². The van der Waals surface area contributed by atoms with Crippen molar-refractivity contribution >= 4 is 18.3 Å². The number of ether oxygens (including phenoxy) is 1. The molecule has 0 radical (unpaired) electrons. The molecule has 0 aromatic heterocycles. The third kappa shape index (κ3) is 3.83. The molecule has 0 saturated carbocycles. The number of likely N-dealkylation sites (tertiary alicyclic amines) is 1.